The standard InChI is InChI=1S/C20H23N5/c1-3-25(15-17-10-5-4-6-11-17)20-23-19(14-22-24-20)21-13-18-12-8-7-9-16(18)2/h4-12,14H,3,13,15H2,1-2H3,(H,21,23,24). The molecule has 3 rings (SSSR count). The maximum Gasteiger partial charge on any atom is 0.247 e. The van der Waals surface area contributed by atoms with Gasteiger partial charge in [-0.05, 0) is 30.5 Å². The first-order valence-corrected chi connectivity index (χ1v) is 8.53. The van der Waals surface area contributed by atoms with Crippen LogP contribution in [0.4, 0.5) is 11.8 Å². The van der Waals surface area contributed by atoms with Gasteiger partial charge >= 0.3 is 0 Å². The minimum Gasteiger partial charge on any atom is -0.365 e. The Kier molecular flexibility index (Phi) is 5.57. The Hall–Kier alpha value is -2.95. The van der Waals surface area contributed by atoms with Crippen molar-refractivity contribution in [1.82, 2.24) is 15.2 Å². The number of anilines is 2. The van der Waals surface area contributed by atoms with Crippen molar-refractivity contribution in [3.8, 4) is 0 Å². The maximum atomic E-state index is 4.63. The lowest BCUT2D eigenvalue weighted by Gasteiger charge is -2.20. The summed E-state index contributed by atoms with van der Waals surface area (Å²) in [7, 11) is 0. The molecule has 128 valence electrons. The van der Waals surface area contributed by atoms with Crippen LogP contribution < -0.4 is 10.2 Å². The van der Waals surface area contributed by atoms with Crippen molar-refractivity contribution in [1.29, 1.82) is 0 Å². The van der Waals surface area contributed by atoms with Gasteiger partial charge in [0.25, 0.3) is 0 Å². The van der Waals surface area contributed by atoms with Crippen LogP contribution in [0.15, 0.2) is 60.8 Å². The third-order valence-corrected chi connectivity index (χ3v) is 4.15. The lowest BCUT2D eigenvalue weighted by molar-refractivity contribution is 0.769. The largest absolute Gasteiger partial charge is 0.365 e. The van der Waals surface area contributed by atoms with Gasteiger partial charge in [-0.1, -0.05) is 54.6 Å². The molecule has 1 N–H and O–H groups in total. The number of hydrogen-bond acceptors (Lipinski definition) is 5. The molecule has 3 aromatic rings. The highest BCUT2D eigenvalue weighted by Crippen LogP contribution is 2.14. The molecule has 0 atom stereocenters. The molecule has 2 aromatic carbocycles. The number of aryl methyl sites for hydroxylation is 1. The van der Waals surface area contributed by atoms with E-state index in [9.17, 15) is 0 Å². The fourth-order valence-electron chi connectivity index (χ4n) is 2.64. The van der Waals surface area contributed by atoms with Gasteiger partial charge in [-0.15, -0.1) is 5.10 Å². The maximum absolute atomic E-state index is 4.63. The third-order valence-electron chi connectivity index (χ3n) is 4.15. The van der Waals surface area contributed by atoms with E-state index in [2.05, 4.69) is 63.5 Å². The molecule has 0 unspecified atom stereocenters. The summed E-state index contributed by atoms with van der Waals surface area (Å²) in [5.41, 5.74) is 3.74. The molecule has 0 saturated carbocycles. The average molecular weight is 333 g/mol. The van der Waals surface area contributed by atoms with Crippen LogP contribution in [-0.2, 0) is 13.1 Å². The van der Waals surface area contributed by atoms with E-state index in [-0.39, 0.29) is 0 Å². The summed E-state index contributed by atoms with van der Waals surface area (Å²) in [5.74, 6) is 1.38. The molecular formula is C20H23N5. The highest BCUT2D eigenvalue weighted by molar-refractivity contribution is 5.41. The van der Waals surface area contributed by atoms with Gasteiger partial charge in [0.05, 0.1) is 6.20 Å². The molecule has 0 aliphatic heterocycles. The topological polar surface area (TPSA) is 53.9 Å². The van der Waals surface area contributed by atoms with E-state index in [0.29, 0.717) is 5.95 Å². The van der Waals surface area contributed by atoms with E-state index in [0.717, 1.165) is 25.5 Å². The van der Waals surface area contributed by atoms with Crippen LogP contribution in [0, 0.1) is 6.92 Å². The van der Waals surface area contributed by atoms with Gasteiger partial charge < -0.3 is 10.2 Å². The van der Waals surface area contributed by atoms with E-state index >= 15 is 0 Å². The van der Waals surface area contributed by atoms with Gasteiger partial charge in [0.1, 0.15) is 0 Å². The number of nitrogens with one attached hydrogen (secondary N) is 1. The average Bonchev–Trinajstić information content (AvgIpc) is 2.66. The van der Waals surface area contributed by atoms with Crippen molar-refractivity contribution in [2.45, 2.75) is 26.9 Å². The summed E-state index contributed by atoms with van der Waals surface area (Å²) in [4.78, 5) is 6.74. The minimum atomic E-state index is 0.640. The summed E-state index contributed by atoms with van der Waals surface area (Å²) in [5, 5.41) is 11.7. The van der Waals surface area contributed by atoms with Crippen molar-refractivity contribution in [2.24, 2.45) is 0 Å². The number of benzene rings is 2. The molecular weight excluding hydrogens is 310 g/mol. The lowest BCUT2D eigenvalue weighted by Crippen LogP contribution is -2.25. The van der Waals surface area contributed by atoms with Crippen LogP contribution in [0.1, 0.15) is 23.6 Å². The predicted octanol–water partition coefficient (Wildman–Crippen LogP) is 3.82. The summed E-state index contributed by atoms with van der Waals surface area (Å²) >= 11 is 0. The first-order valence-electron chi connectivity index (χ1n) is 8.53. The molecule has 0 amide bonds. The van der Waals surface area contributed by atoms with Crippen LogP contribution in [0.2, 0.25) is 0 Å². The molecule has 5 heteroatoms. The first kappa shape index (κ1) is 16.9. The molecule has 0 saturated heterocycles. The molecule has 0 spiro atoms. The number of rotatable bonds is 7. The molecule has 1 heterocycles. The second kappa shape index (κ2) is 8.24. The zero-order chi connectivity index (χ0) is 17.5. The molecule has 0 fully saturated rings. The Morgan fingerprint density at radius 2 is 1.76 bits per heavy atom. The summed E-state index contributed by atoms with van der Waals surface area (Å²) < 4.78 is 0. The van der Waals surface area contributed by atoms with Crippen molar-refractivity contribution >= 4 is 11.8 Å². The quantitative estimate of drug-likeness (QED) is 0.712. The highest BCUT2D eigenvalue weighted by atomic mass is 15.3. The second-order valence-electron chi connectivity index (χ2n) is 5.92. The van der Waals surface area contributed by atoms with Crippen molar-refractivity contribution in [2.75, 3.05) is 16.8 Å². The fourth-order valence-corrected chi connectivity index (χ4v) is 2.64. The van der Waals surface area contributed by atoms with E-state index in [1.165, 1.54) is 16.7 Å². The Balaban J connectivity index is 1.70. The summed E-state index contributed by atoms with van der Waals surface area (Å²) in [6.45, 7) is 6.51. The summed E-state index contributed by atoms with van der Waals surface area (Å²) in [6.07, 6.45) is 1.66. The molecule has 5 nitrogen and oxygen atoms in total. The Labute approximate surface area is 148 Å². The van der Waals surface area contributed by atoms with Crippen LogP contribution in [0.3, 0.4) is 0 Å². The van der Waals surface area contributed by atoms with Crippen LogP contribution >= 0.6 is 0 Å². The van der Waals surface area contributed by atoms with Crippen LogP contribution in [0.5, 0.6) is 0 Å². The fraction of sp³-hybridized carbons (Fsp3) is 0.250. The number of nitrogens with zero attached hydrogens (tertiary/aromatic N) is 4. The molecule has 0 radical (unpaired) electrons. The van der Waals surface area contributed by atoms with E-state index < -0.39 is 0 Å². The van der Waals surface area contributed by atoms with Gasteiger partial charge in [0.15, 0.2) is 5.82 Å². The van der Waals surface area contributed by atoms with Crippen molar-refractivity contribution < 1.29 is 0 Å². The van der Waals surface area contributed by atoms with Gasteiger partial charge in [0.2, 0.25) is 5.95 Å². The number of aromatic nitrogens is 3. The van der Waals surface area contributed by atoms with Gasteiger partial charge in [-0.2, -0.15) is 10.1 Å². The van der Waals surface area contributed by atoms with Gasteiger partial charge in [0, 0.05) is 19.6 Å². The van der Waals surface area contributed by atoms with Crippen molar-refractivity contribution in [3.05, 3.63) is 77.5 Å². The number of hydrogen-bond donors (Lipinski definition) is 1. The smallest absolute Gasteiger partial charge is 0.247 e. The Bertz CT molecular complexity index is 804. The SMILES string of the molecule is CCN(Cc1ccccc1)c1nncc(NCc2ccccc2C)n1. The molecule has 0 aliphatic carbocycles. The van der Waals surface area contributed by atoms with Gasteiger partial charge in [-0.25, -0.2) is 0 Å². The monoisotopic (exact) mass is 333 g/mol. The third kappa shape index (κ3) is 4.53. The molecule has 25 heavy (non-hydrogen) atoms. The highest BCUT2D eigenvalue weighted by Gasteiger charge is 2.10. The lowest BCUT2D eigenvalue weighted by atomic mass is 10.1. The van der Waals surface area contributed by atoms with Crippen LogP contribution in [0.25, 0.3) is 0 Å². The first-order chi connectivity index (χ1) is 12.3. The Morgan fingerprint density at radius 1 is 1.00 bits per heavy atom. The van der Waals surface area contributed by atoms with E-state index in [1.807, 2.05) is 30.3 Å². The zero-order valence-electron chi connectivity index (χ0n) is 14.7. The molecule has 0 bridgehead atoms. The van der Waals surface area contributed by atoms with E-state index in [4.69, 9.17) is 0 Å². The zero-order valence-corrected chi connectivity index (χ0v) is 14.7. The molecule has 0 aliphatic rings. The van der Waals surface area contributed by atoms with Crippen molar-refractivity contribution in [3.63, 3.8) is 0 Å². The van der Waals surface area contributed by atoms with Crippen LogP contribution in [-0.4, -0.2) is 21.7 Å². The second-order valence-corrected chi connectivity index (χ2v) is 5.92. The minimum absolute atomic E-state index is 0.640. The normalized spacial score (nSPS) is 10.5. The predicted molar refractivity (Wildman–Crippen MR) is 101 cm³/mol. The van der Waals surface area contributed by atoms with Gasteiger partial charge in [-0.3, -0.25) is 0 Å². The Morgan fingerprint density at radius 3 is 2.52 bits per heavy atom. The molecule has 1 aromatic heterocycles. The summed E-state index contributed by atoms with van der Waals surface area (Å²) in [6, 6.07) is 18.6. The van der Waals surface area contributed by atoms with E-state index in [1.54, 1.807) is 6.20 Å².